The minimum Gasteiger partial charge on any atom is -0.489 e. The Kier molecular flexibility index (Phi) is 4.89. The minimum absolute atomic E-state index is 0.524. The first-order valence-corrected chi connectivity index (χ1v) is 9.18. The van der Waals surface area contributed by atoms with Crippen LogP contribution in [0.1, 0.15) is 17.0 Å². The number of fused-ring (bicyclic) bond motifs is 1. The predicted octanol–water partition coefficient (Wildman–Crippen LogP) is 4.73. The van der Waals surface area contributed by atoms with Gasteiger partial charge in [-0.05, 0) is 41.5 Å². The molecule has 0 unspecified atom stereocenters. The third-order valence-electron chi connectivity index (χ3n) is 4.49. The molecule has 1 aromatic heterocycles. The first-order chi connectivity index (χ1) is 13.2. The smallest absolute Gasteiger partial charge is 0.214 e. The van der Waals surface area contributed by atoms with E-state index in [0.29, 0.717) is 17.9 Å². The molecular formula is C21H20N4OS. The van der Waals surface area contributed by atoms with E-state index >= 15 is 0 Å². The van der Waals surface area contributed by atoms with Gasteiger partial charge in [-0.15, -0.1) is 0 Å². The van der Waals surface area contributed by atoms with Gasteiger partial charge in [-0.3, -0.25) is 5.10 Å². The van der Waals surface area contributed by atoms with Gasteiger partial charge < -0.3 is 10.2 Å². The van der Waals surface area contributed by atoms with E-state index in [4.69, 9.17) is 17.0 Å². The summed E-state index contributed by atoms with van der Waals surface area (Å²) in [5.74, 6) is 1.64. The molecule has 2 N–H and O–H groups in total. The largest absolute Gasteiger partial charge is 0.489 e. The molecule has 0 amide bonds. The fourth-order valence-corrected chi connectivity index (χ4v) is 3.33. The third-order valence-corrected chi connectivity index (χ3v) is 4.76. The molecule has 6 heteroatoms. The van der Waals surface area contributed by atoms with Crippen molar-refractivity contribution in [2.24, 2.45) is 0 Å². The number of rotatable bonds is 6. The van der Waals surface area contributed by atoms with Gasteiger partial charge >= 0.3 is 0 Å². The minimum atomic E-state index is 0.524. The zero-order valence-corrected chi connectivity index (χ0v) is 15.8. The number of hydrogen-bond donors (Lipinski definition) is 2. The number of H-pyrrole nitrogens is 1. The topological polar surface area (TPSA) is 54.9 Å². The standard InChI is InChI=1S/C21H20N4OS/c1-15-23-24-21(27)25(15)22-13-19-18-10-6-5-9-17(18)11-12-20(19)26-14-16-7-3-2-4-8-16/h2-12,22H,13-14H2,1H3,(H,24,27). The van der Waals surface area contributed by atoms with E-state index in [1.165, 1.54) is 5.39 Å². The van der Waals surface area contributed by atoms with Crippen LogP contribution in [0.2, 0.25) is 0 Å². The molecule has 1 heterocycles. The molecule has 4 aromatic rings. The lowest BCUT2D eigenvalue weighted by Gasteiger charge is -2.16. The molecule has 0 spiro atoms. The predicted molar refractivity (Wildman–Crippen MR) is 110 cm³/mol. The van der Waals surface area contributed by atoms with E-state index in [0.717, 1.165) is 28.1 Å². The van der Waals surface area contributed by atoms with Gasteiger partial charge in [-0.2, -0.15) is 5.10 Å². The molecule has 27 heavy (non-hydrogen) atoms. The fourth-order valence-electron chi connectivity index (χ4n) is 3.09. The van der Waals surface area contributed by atoms with Crippen LogP contribution in [-0.4, -0.2) is 14.9 Å². The van der Waals surface area contributed by atoms with Gasteiger partial charge in [-0.25, -0.2) is 4.68 Å². The van der Waals surface area contributed by atoms with E-state index in [-0.39, 0.29) is 0 Å². The van der Waals surface area contributed by atoms with Gasteiger partial charge in [0.2, 0.25) is 4.77 Å². The maximum absolute atomic E-state index is 6.16. The molecule has 0 aliphatic rings. The van der Waals surface area contributed by atoms with Crippen LogP contribution in [-0.2, 0) is 13.2 Å². The summed E-state index contributed by atoms with van der Waals surface area (Å²) in [6, 6.07) is 22.6. The second kappa shape index (κ2) is 7.63. The summed E-state index contributed by atoms with van der Waals surface area (Å²) in [6.45, 7) is 2.99. The average Bonchev–Trinajstić information content (AvgIpc) is 3.03. The van der Waals surface area contributed by atoms with Crippen LogP contribution in [0.5, 0.6) is 5.75 Å². The van der Waals surface area contributed by atoms with Crippen LogP contribution in [0.3, 0.4) is 0 Å². The van der Waals surface area contributed by atoms with E-state index in [9.17, 15) is 0 Å². The Hall–Kier alpha value is -3.12. The number of ether oxygens (including phenoxy) is 1. The SMILES string of the molecule is Cc1n[nH]c(=S)n1NCc1c(OCc2ccccc2)ccc2ccccc12. The zero-order valence-electron chi connectivity index (χ0n) is 15.0. The van der Waals surface area contributed by atoms with Gasteiger partial charge in [0, 0.05) is 5.56 Å². The summed E-state index contributed by atoms with van der Waals surface area (Å²) in [5.41, 5.74) is 5.57. The Bertz CT molecular complexity index is 1120. The van der Waals surface area contributed by atoms with Crippen molar-refractivity contribution in [3.63, 3.8) is 0 Å². The molecule has 0 aliphatic heterocycles. The van der Waals surface area contributed by atoms with E-state index in [1.54, 1.807) is 4.68 Å². The Balaban J connectivity index is 1.66. The molecule has 0 saturated heterocycles. The Morgan fingerprint density at radius 1 is 1.04 bits per heavy atom. The van der Waals surface area contributed by atoms with Gasteiger partial charge in [-0.1, -0.05) is 60.7 Å². The second-order valence-electron chi connectivity index (χ2n) is 6.28. The van der Waals surface area contributed by atoms with Crippen molar-refractivity contribution >= 4 is 23.0 Å². The number of nitrogens with one attached hydrogen (secondary N) is 2. The van der Waals surface area contributed by atoms with Crippen molar-refractivity contribution in [1.82, 2.24) is 14.9 Å². The molecule has 0 saturated carbocycles. The van der Waals surface area contributed by atoms with Crippen molar-refractivity contribution in [2.45, 2.75) is 20.1 Å². The van der Waals surface area contributed by atoms with Gasteiger partial charge in [0.1, 0.15) is 18.2 Å². The van der Waals surface area contributed by atoms with Crippen LogP contribution in [0.4, 0.5) is 0 Å². The highest BCUT2D eigenvalue weighted by atomic mass is 32.1. The first kappa shape index (κ1) is 17.3. The van der Waals surface area contributed by atoms with Crippen LogP contribution in [0.15, 0.2) is 66.7 Å². The molecule has 0 aliphatic carbocycles. The molecule has 3 aromatic carbocycles. The maximum Gasteiger partial charge on any atom is 0.214 e. The fraction of sp³-hybridized carbons (Fsp3) is 0.143. The zero-order chi connectivity index (χ0) is 18.6. The molecule has 0 fully saturated rings. The van der Waals surface area contributed by atoms with E-state index in [2.05, 4.69) is 46.0 Å². The molecule has 136 valence electrons. The first-order valence-electron chi connectivity index (χ1n) is 8.77. The Morgan fingerprint density at radius 3 is 2.59 bits per heavy atom. The number of hydrogen-bond acceptors (Lipinski definition) is 4. The van der Waals surface area contributed by atoms with Crippen LogP contribution in [0, 0.1) is 11.7 Å². The highest BCUT2D eigenvalue weighted by Crippen LogP contribution is 2.29. The third kappa shape index (κ3) is 3.71. The van der Waals surface area contributed by atoms with Crippen LogP contribution >= 0.6 is 12.2 Å². The van der Waals surface area contributed by atoms with Crippen molar-refractivity contribution in [3.05, 3.63) is 88.5 Å². The molecule has 0 radical (unpaired) electrons. The monoisotopic (exact) mass is 376 g/mol. The summed E-state index contributed by atoms with van der Waals surface area (Å²) < 4.78 is 8.48. The van der Waals surface area contributed by atoms with Gasteiger partial charge in [0.05, 0.1) is 6.54 Å². The number of aryl methyl sites for hydroxylation is 1. The normalized spacial score (nSPS) is 10.9. The van der Waals surface area contributed by atoms with E-state index < -0.39 is 0 Å². The van der Waals surface area contributed by atoms with Crippen molar-refractivity contribution in [1.29, 1.82) is 0 Å². The Labute approximate surface area is 162 Å². The average molecular weight is 376 g/mol. The lowest BCUT2D eigenvalue weighted by molar-refractivity contribution is 0.303. The summed E-state index contributed by atoms with van der Waals surface area (Å²) in [7, 11) is 0. The summed E-state index contributed by atoms with van der Waals surface area (Å²) in [6.07, 6.45) is 0. The molecular weight excluding hydrogens is 356 g/mol. The van der Waals surface area contributed by atoms with Crippen molar-refractivity contribution < 1.29 is 4.74 Å². The maximum atomic E-state index is 6.16. The number of aromatic nitrogens is 3. The summed E-state index contributed by atoms with van der Waals surface area (Å²) >= 11 is 5.28. The number of benzene rings is 3. The van der Waals surface area contributed by atoms with E-state index in [1.807, 2.05) is 43.3 Å². The molecule has 5 nitrogen and oxygen atoms in total. The van der Waals surface area contributed by atoms with Crippen LogP contribution < -0.4 is 10.2 Å². The molecule has 4 rings (SSSR count). The molecule has 0 bridgehead atoms. The van der Waals surface area contributed by atoms with Crippen molar-refractivity contribution in [3.8, 4) is 5.75 Å². The highest BCUT2D eigenvalue weighted by Gasteiger charge is 2.10. The highest BCUT2D eigenvalue weighted by molar-refractivity contribution is 7.71. The quantitative estimate of drug-likeness (QED) is 0.478. The number of nitrogens with zero attached hydrogens (tertiary/aromatic N) is 2. The lowest BCUT2D eigenvalue weighted by atomic mass is 10.0. The second-order valence-corrected chi connectivity index (χ2v) is 6.67. The van der Waals surface area contributed by atoms with Gasteiger partial charge in [0.25, 0.3) is 0 Å². The molecule has 0 atom stereocenters. The number of aromatic amines is 1. The Morgan fingerprint density at radius 2 is 1.81 bits per heavy atom. The lowest BCUT2D eigenvalue weighted by Crippen LogP contribution is -2.17. The summed E-state index contributed by atoms with van der Waals surface area (Å²) in [5, 5.41) is 9.27. The van der Waals surface area contributed by atoms with Crippen molar-refractivity contribution in [2.75, 3.05) is 5.43 Å². The van der Waals surface area contributed by atoms with Crippen LogP contribution in [0.25, 0.3) is 10.8 Å². The summed E-state index contributed by atoms with van der Waals surface area (Å²) in [4.78, 5) is 0. The van der Waals surface area contributed by atoms with Gasteiger partial charge in [0.15, 0.2) is 0 Å².